The van der Waals surface area contributed by atoms with Crippen LogP contribution in [0.3, 0.4) is 0 Å². The van der Waals surface area contributed by atoms with Crippen LogP contribution in [-0.2, 0) is 17.1 Å². The van der Waals surface area contributed by atoms with Crippen molar-refractivity contribution in [1.29, 1.82) is 0 Å². The Bertz CT molecular complexity index is 516. The second-order valence-corrected chi connectivity index (χ2v) is 6.90. The van der Waals surface area contributed by atoms with Gasteiger partial charge in [-0.15, -0.1) is 0 Å². The topological polar surface area (TPSA) is 90.0 Å². The van der Waals surface area contributed by atoms with E-state index in [1.54, 1.807) is 7.05 Å². The van der Waals surface area contributed by atoms with E-state index in [2.05, 4.69) is 9.82 Å². The maximum absolute atomic E-state index is 12.3. The van der Waals surface area contributed by atoms with Gasteiger partial charge in [-0.1, -0.05) is 32.1 Å². The predicted molar refractivity (Wildman–Crippen MR) is 74.0 cm³/mol. The molecule has 1 fully saturated rings. The van der Waals surface area contributed by atoms with Crippen molar-refractivity contribution in [3.63, 3.8) is 0 Å². The normalized spacial score (nSPS) is 19.0. The second-order valence-electron chi connectivity index (χ2n) is 5.22. The van der Waals surface area contributed by atoms with Gasteiger partial charge >= 0.3 is 0 Å². The Morgan fingerprint density at radius 2 is 1.84 bits per heavy atom. The third-order valence-corrected chi connectivity index (χ3v) is 5.08. The molecule has 3 N–H and O–H groups in total. The van der Waals surface area contributed by atoms with Gasteiger partial charge in [-0.3, -0.25) is 4.68 Å². The van der Waals surface area contributed by atoms with E-state index in [1.165, 1.54) is 30.1 Å². The van der Waals surface area contributed by atoms with Crippen molar-refractivity contribution in [2.75, 3.05) is 5.73 Å². The zero-order valence-electron chi connectivity index (χ0n) is 11.3. The van der Waals surface area contributed by atoms with Crippen LogP contribution in [0.5, 0.6) is 0 Å². The number of aromatic nitrogens is 2. The molecular formula is C12H22N4O2S. The molecule has 1 aromatic rings. The van der Waals surface area contributed by atoms with E-state index >= 15 is 0 Å². The minimum atomic E-state index is -3.56. The van der Waals surface area contributed by atoms with Gasteiger partial charge in [0.15, 0.2) is 5.82 Å². The smallest absolute Gasteiger partial charge is 0.246 e. The van der Waals surface area contributed by atoms with Crippen molar-refractivity contribution < 1.29 is 8.42 Å². The molecule has 7 heteroatoms. The van der Waals surface area contributed by atoms with Crippen molar-refractivity contribution in [1.82, 2.24) is 14.5 Å². The van der Waals surface area contributed by atoms with E-state index in [0.717, 1.165) is 25.7 Å². The van der Waals surface area contributed by atoms with Crippen LogP contribution in [0.4, 0.5) is 5.82 Å². The third-order valence-electron chi connectivity index (χ3n) is 3.54. The molecule has 0 amide bonds. The number of sulfonamides is 1. The first-order valence-corrected chi connectivity index (χ1v) is 8.29. The second kappa shape index (κ2) is 5.92. The summed E-state index contributed by atoms with van der Waals surface area (Å²) in [6, 6.07) is 0.0184. The standard InChI is InChI=1S/C12H22N4O2S/c1-16-9-11(12(13)14-16)19(17,18)15-10-7-5-3-2-4-6-8-10/h9-10,15H,2-8H2,1H3,(H2,13,14). The van der Waals surface area contributed by atoms with Gasteiger partial charge in [-0.25, -0.2) is 13.1 Å². The average Bonchev–Trinajstić information content (AvgIpc) is 2.62. The third kappa shape index (κ3) is 3.70. The van der Waals surface area contributed by atoms with Gasteiger partial charge in [-0.05, 0) is 12.8 Å². The molecule has 1 aliphatic rings. The van der Waals surface area contributed by atoms with Crippen molar-refractivity contribution in [3.8, 4) is 0 Å². The summed E-state index contributed by atoms with van der Waals surface area (Å²) in [6.45, 7) is 0. The quantitative estimate of drug-likeness (QED) is 0.878. The van der Waals surface area contributed by atoms with E-state index in [1.807, 2.05) is 0 Å². The number of rotatable bonds is 3. The lowest BCUT2D eigenvalue weighted by Crippen LogP contribution is -2.35. The van der Waals surface area contributed by atoms with Gasteiger partial charge in [0.05, 0.1) is 0 Å². The summed E-state index contributed by atoms with van der Waals surface area (Å²) < 4.78 is 28.8. The van der Waals surface area contributed by atoms with Crippen molar-refractivity contribution >= 4 is 15.8 Å². The number of nitrogens with one attached hydrogen (secondary N) is 1. The fraction of sp³-hybridized carbons (Fsp3) is 0.750. The molecular weight excluding hydrogens is 264 g/mol. The van der Waals surface area contributed by atoms with Crippen LogP contribution in [-0.4, -0.2) is 24.2 Å². The predicted octanol–water partition coefficient (Wildman–Crippen LogP) is 1.39. The minimum Gasteiger partial charge on any atom is -0.381 e. The molecule has 1 saturated carbocycles. The monoisotopic (exact) mass is 286 g/mol. The molecule has 0 bridgehead atoms. The molecule has 1 aromatic heterocycles. The highest BCUT2D eigenvalue weighted by atomic mass is 32.2. The lowest BCUT2D eigenvalue weighted by atomic mass is 9.97. The van der Waals surface area contributed by atoms with E-state index < -0.39 is 10.0 Å². The van der Waals surface area contributed by atoms with Crippen LogP contribution in [0, 0.1) is 0 Å². The molecule has 0 radical (unpaired) electrons. The summed E-state index contributed by atoms with van der Waals surface area (Å²) in [4.78, 5) is 0.0806. The first-order valence-electron chi connectivity index (χ1n) is 6.80. The highest BCUT2D eigenvalue weighted by Gasteiger charge is 2.24. The maximum atomic E-state index is 12.3. The number of nitrogens with two attached hydrogens (primary N) is 1. The summed E-state index contributed by atoms with van der Waals surface area (Å²) in [6.07, 6.45) is 9.04. The summed E-state index contributed by atoms with van der Waals surface area (Å²) >= 11 is 0. The number of hydrogen-bond donors (Lipinski definition) is 2. The molecule has 2 rings (SSSR count). The van der Waals surface area contributed by atoms with Gasteiger partial charge in [0, 0.05) is 19.3 Å². The number of nitrogens with zero attached hydrogens (tertiary/aromatic N) is 2. The molecule has 108 valence electrons. The molecule has 6 nitrogen and oxygen atoms in total. The number of anilines is 1. The summed E-state index contributed by atoms with van der Waals surface area (Å²) in [5.41, 5.74) is 5.64. The number of aryl methyl sites for hydroxylation is 1. The molecule has 0 atom stereocenters. The van der Waals surface area contributed by atoms with Crippen LogP contribution >= 0.6 is 0 Å². The van der Waals surface area contributed by atoms with Gasteiger partial charge in [0.25, 0.3) is 0 Å². The molecule has 0 unspecified atom stereocenters. The Balaban J connectivity index is 2.09. The Kier molecular flexibility index (Phi) is 4.46. The van der Waals surface area contributed by atoms with Gasteiger partial charge in [0.2, 0.25) is 10.0 Å². The molecule has 1 heterocycles. The summed E-state index contributed by atoms with van der Waals surface area (Å²) in [5.74, 6) is 0.0563. The lowest BCUT2D eigenvalue weighted by molar-refractivity contribution is 0.426. The molecule has 0 spiro atoms. The molecule has 0 aromatic carbocycles. The number of nitrogen functional groups attached to an aromatic ring is 1. The average molecular weight is 286 g/mol. The Hall–Kier alpha value is -1.08. The highest BCUT2D eigenvalue weighted by molar-refractivity contribution is 7.89. The van der Waals surface area contributed by atoms with E-state index in [0.29, 0.717) is 0 Å². The van der Waals surface area contributed by atoms with Crippen LogP contribution < -0.4 is 10.5 Å². The van der Waals surface area contributed by atoms with Crippen LogP contribution in [0.1, 0.15) is 44.9 Å². The largest absolute Gasteiger partial charge is 0.381 e. The highest BCUT2D eigenvalue weighted by Crippen LogP contribution is 2.21. The summed E-state index contributed by atoms with van der Waals surface area (Å²) in [5, 5.41) is 3.88. The van der Waals surface area contributed by atoms with E-state index in [-0.39, 0.29) is 16.8 Å². The van der Waals surface area contributed by atoms with Crippen molar-refractivity contribution in [3.05, 3.63) is 6.20 Å². The van der Waals surface area contributed by atoms with E-state index in [9.17, 15) is 8.42 Å². The SMILES string of the molecule is Cn1cc(S(=O)(=O)NC2CCCCCCC2)c(N)n1. The first kappa shape index (κ1) is 14.3. The van der Waals surface area contributed by atoms with E-state index in [4.69, 9.17) is 5.73 Å². The van der Waals surface area contributed by atoms with Gasteiger partial charge in [0.1, 0.15) is 4.90 Å². The van der Waals surface area contributed by atoms with Crippen LogP contribution in [0.25, 0.3) is 0 Å². The van der Waals surface area contributed by atoms with Gasteiger partial charge < -0.3 is 5.73 Å². The summed E-state index contributed by atoms with van der Waals surface area (Å²) in [7, 11) is -1.90. The zero-order valence-corrected chi connectivity index (χ0v) is 12.1. The lowest BCUT2D eigenvalue weighted by Gasteiger charge is -2.20. The van der Waals surface area contributed by atoms with Gasteiger partial charge in [-0.2, -0.15) is 5.10 Å². The Labute approximate surface area is 114 Å². The Morgan fingerprint density at radius 1 is 1.26 bits per heavy atom. The minimum absolute atomic E-state index is 0.0184. The maximum Gasteiger partial charge on any atom is 0.246 e. The zero-order chi connectivity index (χ0) is 13.9. The van der Waals surface area contributed by atoms with Crippen molar-refractivity contribution in [2.24, 2.45) is 7.05 Å². The number of hydrogen-bond acceptors (Lipinski definition) is 4. The van der Waals surface area contributed by atoms with Crippen LogP contribution in [0.2, 0.25) is 0 Å². The Morgan fingerprint density at radius 3 is 2.37 bits per heavy atom. The fourth-order valence-corrected chi connectivity index (χ4v) is 3.96. The molecule has 0 saturated heterocycles. The first-order chi connectivity index (χ1) is 8.99. The molecule has 19 heavy (non-hydrogen) atoms. The van der Waals surface area contributed by atoms with Crippen LogP contribution in [0.15, 0.2) is 11.1 Å². The fourth-order valence-electron chi connectivity index (χ4n) is 2.55. The molecule has 1 aliphatic carbocycles. The molecule has 0 aliphatic heterocycles. The van der Waals surface area contributed by atoms with Crippen molar-refractivity contribution in [2.45, 2.75) is 55.9 Å².